The number of aliphatic hydroxyl groups is 1. The summed E-state index contributed by atoms with van der Waals surface area (Å²) >= 11 is 0. The Balaban J connectivity index is 4.61. The molecule has 0 aliphatic carbocycles. The van der Waals surface area contributed by atoms with Gasteiger partial charge in [-0.15, -0.1) is 0 Å². The minimum Gasteiger partial charge on any atom is -0.443 e. The van der Waals surface area contributed by atoms with Gasteiger partial charge >= 0.3 is 6.09 Å². The number of rotatable bonds is 5. The van der Waals surface area contributed by atoms with Crippen molar-refractivity contribution in [2.24, 2.45) is 5.73 Å². The highest BCUT2D eigenvalue weighted by molar-refractivity contribution is 5.64. The van der Waals surface area contributed by atoms with Crippen LogP contribution in [-0.2, 0) is 4.74 Å². The predicted octanol–water partition coefficient (Wildman–Crippen LogP) is 2.04. The Kier molecular flexibility index (Phi) is 6.41. The first-order chi connectivity index (χ1) is 7.38. The van der Waals surface area contributed by atoms with Crippen molar-refractivity contribution in [2.75, 3.05) is 0 Å². The van der Waals surface area contributed by atoms with Gasteiger partial charge in [0.25, 0.3) is 0 Å². The van der Waals surface area contributed by atoms with Crippen molar-refractivity contribution in [1.29, 1.82) is 0 Å². The molecule has 3 N–H and O–H groups in total. The standard InChI is InChI=1S/C11H18FNO3/c1-4-9(16-11(13)15)10(14)7(2)5-6-8(3)12/h5-6,9-10,14H,4H2,1-3H3,(H2,13,15)/b7-5+,8-6+/t9-,10-/m1/s1. The van der Waals surface area contributed by atoms with Crippen LogP contribution in [0.2, 0.25) is 0 Å². The van der Waals surface area contributed by atoms with Gasteiger partial charge in [0.15, 0.2) is 0 Å². The van der Waals surface area contributed by atoms with E-state index in [1.807, 2.05) is 0 Å². The highest BCUT2D eigenvalue weighted by Crippen LogP contribution is 2.13. The SMILES string of the molecule is CC[C@@H](OC(N)=O)[C@H](O)/C(C)=C/C=C(\C)F. The van der Waals surface area contributed by atoms with E-state index < -0.39 is 18.3 Å². The fourth-order valence-electron chi connectivity index (χ4n) is 1.16. The van der Waals surface area contributed by atoms with Crippen LogP contribution < -0.4 is 5.73 Å². The van der Waals surface area contributed by atoms with Crippen molar-refractivity contribution in [3.05, 3.63) is 23.6 Å². The van der Waals surface area contributed by atoms with Crippen LogP contribution in [0.3, 0.4) is 0 Å². The first-order valence-electron chi connectivity index (χ1n) is 5.03. The second-order valence-electron chi connectivity index (χ2n) is 3.49. The van der Waals surface area contributed by atoms with Gasteiger partial charge in [0.05, 0.1) is 5.83 Å². The van der Waals surface area contributed by atoms with E-state index in [1.54, 1.807) is 13.8 Å². The minimum atomic E-state index is -0.979. The number of nitrogens with two attached hydrogens (primary N) is 1. The molecule has 0 saturated carbocycles. The molecule has 16 heavy (non-hydrogen) atoms. The molecule has 0 aliphatic heterocycles. The number of hydrogen-bond acceptors (Lipinski definition) is 3. The van der Waals surface area contributed by atoms with Crippen molar-refractivity contribution in [1.82, 2.24) is 0 Å². The van der Waals surface area contributed by atoms with Crippen LogP contribution in [0.25, 0.3) is 0 Å². The summed E-state index contributed by atoms with van der Waals surface area (Å²) in [6.45, 7) is 4.67. The lowest BCUT2D eigenvalue weighted by atomic mass is 10.0. The smallest absolute Gasteiger partial charge is 0.404 e. The molecule has 0 aromatic carbocycles. The average Bonchev–Trinajstić information content (AvgIpc) is 2.21. The van der Waals surface area contributed by atoms with Crippen LogP contribution >= 0.6 is 0 Å². The van der Waals surface area contributed by atoms with Crippen LogP contribution in [0.5, 0.6) is 0 Å². The van der Waals surface area contributed by atoms with Crippen molar-refractivity contribution < 1.29 is 19.0 Å². The Morgan fingerprint density at radius 2 is 2.06 bits per heavy atom. The van der Waals surface area contributed by atoms with E-state index in [4.69, 9.17) is 10.5 Å². The molecule has 0 spiro atoms. The van der Waals surface area contributed by atoms with Crippen molar-refractivity contribution in [2.45, 2.75) is 39.4 Å². The van der Waals surface area contributed by atoms with Crippen molar-refractivity contribution >= 4 is 6.09 Å². The molecular formula is C11H18FNO3. The fraction of sp³-hybridized carbons (Fsp3) is 0.545. The molecule has 0 bridgehead atoms. The van der Waals surface area contributed by atoms with E-state index >= 15 is 0 Å². The summed E-state index contributed by atoms with van der Waals surface area (Å²) in [6, 6.07) is 0. The van der Waals surface area contributed by atoms with E-state index in [0.717, 1.165) is 0 Å². The third-order valence-corrected chi connectivity index (χ3v) is 2.06. The van der Waals surface area contributed by atoms with Gasteiger partial charge in [-0.1, -0.05) is 13.0 Å². The highest BCUT2D eigenvalue weighted by atomic mass is 19.1. The maximum Gasteiger partial charge on any atom is 0.404 e. The third kappa shape index (κ3) is 5.50. The molecule has 0 aromatic rings. The molecule has 92 valence electrons. The van der Waals surface area contributed by atoms with Gasteiger partial charge in [0.1, 0.15) is 12.2 Å². The van der Waals surface area contributed by atoms with Gasteiger partial charge in [0.2, 0.25) is 0 Å². The van der Waals surface area contributed by atoms with Gasteiger partial charge in [0, 0.05) is 0 Å². The van der Waals surface area contributed by atoms with E-state index in [1.165, 1.54) is 19.1 Å². The Hall–Kier alpha value is -1.36. The highest BCUT2D eigenvalue weighted by Gasteiger charge is 2.21. The first-order valence-corrected chi connectivity index (χ1v) is 5.03. The zero-order chi connectivity index (χ0) is 12.7. The quantitative estimate of drug-likeness (QED) is 0.711. The fourth-order valence-corrected chi connectivity index (χ4v) is 1.16. The maximum absolute atomic E-state index is 12.4. The van der Waals surface area contributed by atoms with Crippen LogP contribution in [0, 0.1) is 0 Å². The molecular weight excluding hydrogens is 213 g/mol. The summed E-state index contributed by atoms with van der Waals surface area (Å²) in [5.41, 5.74) is 5.37. The molecule has 5 heteroatoms. The summed E-state index contributed by atoms with van der Waals surface area (Å²) in [6.07, 6.45) is 0.474. The summed E-state index contributed by atoms with van der Waals surface area (Å²) < 4.78 is 17.2. The Morgan fingerprint density at radius 1 is 1.50 bits per heavy atom. The molecule has 0 aliphatic rings. The maximum atomic E-state index is 12.4. The topological polar surface area (TPSA) is 72.5 Å². The van der Waals surface area contributed by atoms with Crippen LogP contribution in [0.1, 0.15) is 27.2 Å². The van der Waals surface area contributed by atoms with E-state index in [9.17, 15) is 14.3 Å². The summed E-state index contributed by atoms with van der Waals surface area (Å²) in [7, 11) is 0. The molecule has 0 fully saturated rings. The normalized spacial score (nSPS) is 16.8. The summed E-state index contributed by atoms with van der Waals surface area (Å²) in [4.78, 5) is 10.6. The molecule has 1 amide bonds. The number of hydrogen-bond donors (Lipinski definition) is 2. The molecule has 0 heterocycles. The summed E-state index contributed by atoms with van der Waals surface area (Å²) in [5, 5.41) is 9.79. The molecule has 0 unspecified atom stereocenters. The second kappa shape index (κ2) is 7.00. The Morgan fingerprint density at radius 3 is 2.44 bits per heavy atom. The lowest BCUT2D eigenvalue weighted by Gasteiger charge is -2.21. The predicted molar refractivity (Wildman–Crippen MR) is 59.4 cm³/mol. The molecule has 0 aromatic heterocycles. The van der Waals surface area contributed by atoms with Gasteiger partial charge in [-0.25, -0.2) is 9.18 Å². The van der Waals surface area contributed by atoms with Crippen LogP contribution in [0.15, 0.2) is 23.6 Å². The number of halogens is 1. The zero-order valence-electron chi connectivity index (χ0n) is 9.74. The number of amides is 1. The van der Waals surface area contributed by atoms with Gasteiger partial charge in [-0.2, -0.15) is 0 Å². The van der Waals surface area contributed by atoms with Crippen LogP contribution in [0.4, 0.5) is 9.18 Å². The number of aliphatic hydroxyl groups excluding tert-OH is 1. The van der Waals surface area contributed by atoms with E-state index in [-0.39, 0.29) is 5.83 Å². The van der Waals surface area contributed by atoms with Gasteiger partial charge in [-0.3, -0.25) is 0 Å². The molecule has 0 radical (unpaired) electrons. The minimum absolute atomic E-state index is 0.365. The van der Waals surface area contributed by atoms with E-state index in [2.05, 4.69) is 0 Å². The largest absolute Gasteiger partial charge is 0.443 e. The Labute approximate surface area is 94.6 Å². The van der Waals surface area contributed by atoms with Crippen molar-refractivity contribution in [3.63, 3.8) is 0 Å². The van der Waals surface area contributed by atoms with Crippen molar-refractivity contribution in [3.8, 4) is 0 Å². The third-order valence-electron chi connectivity index (χ3n) is 2.06. The molecule has 4 nitrogen and oxygen atoms in total. The van der Waals surface area contributed by atoms with Crippen LogP contribution in [-0.4, -0.2) is 23.4 Å². The number of carbonyl (C=O) groups excluding carboxylic acids is 1. The molecule has 0 rings (SSSR count). The molecule has 0 saturated heterocycles. The summed E-state index contributed by atoms with van der Waals surface area (Å²) in [5.74, 6) is -0.365. The lowest BCUT2D eigenvalue weighted by Crippen LogP contribution is -2.33. The van der Waals surface area contributed by atoms with Gasteiger partial charge < -0.3 is 15.6 Å². The number of primary amides is 1. The number of carbonyl (C=O) groups is 1. The molecule has 2 atom stereocenters. The number of ether oxygens (including phenoxy) is 1. The Bertz CT molecular complexity index is 296. The monoisotopic (exact) mass is 231 g/mol. The van der Waals surface area contributed by atoms with E-state index in [0.29, 0.717) is 12.0 Å². The second-order valence-corrected chi connectivity index (χ2v) is 3.49. The number of allylic oxidation sites excluding steroid dienone is 3. The lowest BCUT2D eigenvalue weighted by molar-refractivity contribution is 0.0226. The first kappa shape index (κ1) is 14.6. The zero-order valence-corrected chi connectivity index (χ0v) is 9.74. The van der Waals surface area contributed by atoms with Gasteiger partial charge in [-0.05, 0) is 31.9 Å². The average molecular weight is 231 g/mol.